The van der Waals surface area contributed by atoms with Gasteiger partial charge in [0.15, 0.2) is 0 Å². The van der Waals surface area contributed by atoms with Gasteiger partial charge in [0.25, 0.3) is 0 Å². The van der Waals surface area contributed by atoms with Gasteiger partial charge in [0.2, 0.25) is 5.91 Å². The first-order valence-electron chi connectivity index (χ1n) is 5.64. The third-order valence-electron chi connectivity index (χ3n) is 3.18. The van der Waals surface area contributed by atoms with E-state index < -0.39 is 0 Å². The van der Waals surface area contributed by atoms with Crippen LogP contribution in [-0.4, -0.2) is 17.4 Å². The number of nitrogens with zero attached hydrogens (tertiary/aromatic N) is 1. The topological polar surface area (TPSA) is 20.3 Å². The third kappa shape index (κ3) is 2.22. The van der Waals surface area contributed by atoms with E-state index in [1.165, 1.54) is 5.56 Å². The number of likely N-dealkylation sites (tertiary alicyclic amines) is 1. The fraction of sp³-hybridized carbons (Fsp3) is 0.462. The average molecular weight is 238 g/mol. The third-order valence-corrected chi connectivity index (χ3v) is 3.48. The van der Waals surface area contributed by atoms with Gasteiger partial charge in [-0.2, -0.15) is 0 Å². The summed E-state index contributed by atoms with van der Waals surface area (Å²) in [4.78, 5) is 13.4. The van der Waals surface area contributed by atoms with Crippen molar-refractivity contribution in [3.05, 3.63) is 35.4 Å². The molecule has 3 heteroatoms. The van der Waals surface area contributed by atoms with Gasteiger partial charge >= 0.3 is 0 Å². The molecule has 1 amide bonds. The summed E-state index contributed by atoms with van der Waals surface area (Å²) in [6.07, 6.45) is 2.17. The predicted molar refractivity (Wildman–Crippen MR) is 65.4 cm³/mol. The maximum absolute atomic E-state index is 11.5. The normalized spacial score (nSPS) is 20.1. The highest BCUT2D eigenvalue weighted by molar-refractivity contribution is 6.17. The lowest BCUT2D eigenvalue weighted by molar-refractivity contribution is -0.129. The van der Waals surface area contributed by atoms with Gasteiger partial charge < -0.3 is 4.90 Å². The van der Waals surface area contributed by atoms with E-state index in [9.17, 15) is 4.79 Å². The lowest BCUT2D eigenvalue weighted by Crippen LogP contribution is -2.27. The Morgan fingerprint density at radius 2 is 2.12 bits per heavy atom. The molecule has 0 saturated carbocycles. The van der Waals surface area contributed by atoms with Crippen LogP contribution in [0.3, 0.4) is 0 Å². The number of amides is 1. The van der Waals surface area contributed by atoms with Crippen molar-refractivity contribution in [1.82, 2.24) is 4.90 Å². The number of benzene rings is 1. The molecule has 0 aromatic heterocycles. The van der Waals surface area contributed by atoms with Crippen LogP contribution in [-0.2, 0) is 10.7 Å². The summed E-state index contributed by atoms with van der Waals surface area (Å²) < 4.78 is 0. The molecule has 1 fully saturated rings. The molecule has 1 saturated heterocycles. The molecule has 1 atom stereocenters. The molecule has 1 aromatic rings. The number of hydrogen-bond acceptors (Lipinski definition) is 1. The van der Waals surface area contributed by atoms with Crippen LogP contribution < -0.4 is 0 Å². The second-order valence-electron chi connectivity index (χ2n) is 4.25. The molecule has 1 heterocycles. The highest BCUT2D eigenvalue weighted by Gasteiger charge is 2.27. The van der Waals surface area contributed by atoms with Crippen molar-refractivity contribution in [2.24, 2.45) is 0 Å². The largest absolute Gasteiger partial charge is 0.336 e. The second kappa shape index (κ2) is 4.88. The molecule has 0 bridgehead atoms. The smallest absolute Gasteiger partial charge is 0.219 e. The Kier molecular flexibility index (Phi) is 3.49. The minimum Gasteiger partial charge on any atom is -0.336 e. The highest BCUT2D eigenvalue weighted by Crippen LogP contribution is 2.31. The van der Waals surface area contributed by atoms with Crippen molar-refractivity contribution in [3.63, 3.8) is 0 Å². The number of carbonyl (C=O) groups excluding carboxylic acids is 1. The van der Waals surface area contributed by atoms with Gasteiger partial charge in [-0.05, 0) is 24.0 Å². The average Bonchev–Trinajstić information content (AvgIpc) is 2.78. The minimum absolute atomic E-state index is 0.170. The van der Waals surface area contributed by atoms with Gasteiger partial charge in [-0.25, -0.2) is 0 Å². The van der Waals surface area contributed by atoms with Gasteiger partial charge in [-0.15, -0.1) is 11.6 Å². The van der Waals surface area contributed by atoms with E-state index in [0.717, 1.165) is 24.9 Å². The summed E-state index contributed by atoms with van der Waals surface area (Å²) in [5.74, 6) is 0.713. The Balaban J connectivity index is 2.19. The van der Waals surface area contributed by atoms with E-state index in [0.29, 0.717) is 5.88 Å². The van der Waals surface area contributed by atoms with Gasteiger partial charge in [-0.1, -0.05) is 24.3 Å². The zero-order valence-corrected chi connectivity index (χ0v) is 10.2. The maximum atomic E-state index is 11.5. The van der Waals surface area contributed by atoms with Gasteiger partial charge in [0.05, 0.1) is 6.04 Å². The Labute approximate surface area is 101 Å². The zero-order valence-electron chi connectivity index (χ0n) is 9.45. The molecule has 1 unspecified atom stereocenters. The molecule has 0 aliphatic carbocycles. The van der Waals surface area contributed by atoms with Crippen LogP contribution in [0.1, 0.15) is 36.9 Å². The number of rotatable bonds is 2. The molecule has 16 heavy (non-hydrogen) atoms. The fourth-order valence-electron chi connectivity index (χ4n) is 2.32. The van der Waals surface area contributed by atoms with E-state index >= 15 is 0 Å². The van der Waals surface area contributed by atoms with Gasteiger partial charge in [0, 0.05) is 19.3 Å². The van der Waals surface area contributed by atoms with Crippen LogP contribution in [0.4, 0.5) is 0 Å². The quantitative estimate of drug-likeness (QED) is 0.724. The number of hydrogen-bond donors (Lipinski definition) is 0. The van der Waals surface area contributed by atoms with Gasteiger partial charge in [0.1, 0.15) is 0 Å². The Morgan fingerprint density at radius 1 is 1.44 bits per heavy atom. The SMILES string of the molecule is CC(=O)N1CCCC1c1ccc(CCl)cc1. The van der Waals surface area contributed by atoms with E-state index in [2.05, 4.69) is 12.1 Å². The molecule has 0 radical (unpaired) electrons. The molecule has 0 spiro atoms. The Bertz CT molecular complexity index is 374. The predicted octanol–water partition coefficient (Wildman–Crippen LogP) is 3.11. The number of alkyl halides is 1. The molecular formula is C13H16ClNO. The van der Waals surface area contributed by atoms with Crippen LogP contribution in [0.5, 0.6) is 0 Å². The molecule has 1 aromatic carbocycles. The van der Waals surface area contributed by atoms with Crippen molar-refractivity contribution in [2.75, 3.05) is 6.54 Å². The first-order chi connectivity index (χ1) is 7.72. The zero-order chi connectivity index (χ0) is 11.5. The second-order valence-corrected chi connectivity index (χ2v) is 4.51. The Morgan fingerprint density at radius 3 is 2.69 bits per heavy atom. The minimum atomic E-state index is 0.170. The van der Waals surface area contributed by atoms with Crippen molar-refractivity contribution >= 4 is 17.5 Å². The molecule has 2 nitrogen and oxygen atoms in total. The van der Waals surface area contributed by atoms with E-state index in [-0.39, 0.29) is 11.9 Å². The fourth-order valence-corrected chi connectivity index (χ4v) is 2.50. The highest BCUT2D eigenvalue weighted by atomic mass is 35.5. The van der Waals surface area contributed by atoms with Gasteiger partial charge in [-0.3, -0.25) is 4.79 Å². The summed E-state index contributed by atoms with van der Waals surface area (Å²) >= 11 is 5.75. The monoisotopic (exact) mass is 237 g/mol. The number of halogens is 1. The first kappa shape index (κ1) is 11.5. The first-order valence-corrected chi connectivity index (χ1v) is 6.18. The molecule has 0 N–H and O–H groups in total. The lowest BCUT2D eigenvalue weighted by Gasteiger charge is -2.23. The van der Waals surface area contributed by atoms with E-state index in [4.69, 9.17) is 11.6 Å². The molecule has 1 aliphatic rings. The molecule has 1 aliphatic heterocycles. The Hall–Kier alpha value is -1.02. The number of carbonyl (C=O) groups is 1. The van der Waals surface area contributed by atoms with Crippen molar-refractivity contribution in [1.29, 1.82) is 0 Å². The van der Waals surface area contributed by atoms with Crippen molar-refractivity contribution in [3.8, 4) is 0 Å². The van der Waals surface area contributed by atoms with Crippen LogP contribution >= 0.6 is 11.6 Å². The summed E-state index contributed by atoms with van der Waals surface area (Å²) in [7, 11) is 0. The molecule has 2 rings (SSSR count). The summed E-state index contributed by atoms with van der Waals surface area (Å²) in [5.41, 5.74) is 2.35. The summed E-state index contributed by atoms with van der Waals surface area (Å²) in [5, 5.41) is 0. The van der Waals surface area contributed by atoms with Crippen LogP contribution in [0.15, 0.2) is 24.3 Å². The summed E-state index contributed by atoms with van der Waals surface area (Å²) in [6, 6.07) is 8.52. The van der Waals surface area contributed by atoms with E-state index in [1.807, 2.05) is 17.0 Å². The van der Waals surface area contributed by atoms with Crippen LogP contribution in [0, 0.1) is 0 Å². The maximum Gasteiger partial charge on any atom is 0.219 e. The van der Waals surface area contributed by atoms with Crippen LogP contribution in [0.25, 0.3) is 0 Å². The van der Waals surface area contributed by atoms with Crippen LogP contribution in [0.2, 0.25) is 0 Å². The standard InChI is InChI=1S/C13H16ClNO/c1-10(16)15-8-2-3-13(15)12-6-4-11(9-14)5-7-12/h4-7,13H,2-3,8-9H2,1H3. The molecular weight excluding hydrogens is 222 g/mol. The van der Waals surface area contributed by atoms with E-state index in [1.54, 1.807) is 6.92 Å². The molecule has 86 valence electrons. The van der Waals surface area contributed by atoms with Crippen molar-refractivity contribution in [2.45, 2.75) is 31.7 Å². The lowest BCUT2D eigenvalue weighted by atomic mass is 10.0. The van der Waals surface area contributed by atoms with Crippen molar-refractivity contribution < 1.29 is 4.79 Å². The summed E-state index contributed by atoms with van der Waals surface area (Å²) in [6.45, 7) is 2.53.